The van der Waals surface area contributed by atoms with Crippen molar-refractivity contribution in [2.45, 2.75) is 4.90 Å². The third kappa shape index (κ3) is 1.35. The molecule has 0 aliphatic rings. The first-order valence-electron chi connectivity index (χ1n) is 4.09. The van der Waals surface area contributed by atoms with E-state index in [4.69, 9.17) is 4.74 Å². The van der Waals surface area contributed by atoms with Crippen LogP contribution in [-0.4, -0.2) is 18.5 Å². The maximum Gasteiger partial charge on any atom is 0.138 e. The van der Waals surface area contributed by atoms with Crippen molar-refractivity contribution in [3.8, 4) is 11.5 Å². The molecule has 0 aliphatic heterocycles. The topological polar surface area (TPSA) is 29.5 Å². The smallest absolute Gasteiger partial charge is 0.138 e. The van der Waals surface area contributed by atoms with Gasteiger partial charge in [-0.3, -0.25) is 0 Å². The number of aromatic hydroxyl groups is 1. The fourth-order valence-corrected chi connectivity index (χ4v) is 3.09. The Kier molecular flexibility index (Phi) is 2.56. The number of thiophene rings is 1. The zero-order chi connectivity index (χ0) is 10.1. The molecule has 0 aliphatic carbocycles. The van der Waals surface area contributed by atoms with Gasteiger partial charge in [-0.1, -0.05) is 0 Å². The Morgan fingerprint density at radius 2 is 2.21 bits per heavy atom. The predicted octanol–water partition coefficient (Wildman–Crippen LogP) is 3.34. The van der Waals surface area contributed by atoms with E-state index < -0.39 is 0 Å². The number of benzene rings is 1. The number of ether oxygens (including phenoxy) is 1. The van der Waals surface area contributed by atoms with E-state index in [0.29, 0.717) is 5.75 Å². The van der Waals surface area contributed by atoms with E-state index >= 15 is 0 Å². The van der Waals surface area contributed by atoms with E-state index in [1.54, 1.807) is 24.5 Å². The van der Waals surface area contributed by atoms with E-state index in [-0.39, 0.29) is 0 Å². The number of thioether (sulfide) groups is 1. The molecular weight excluding hydrogens is 216 g/mol. The minimum absolute atomic E-state index is 0.321. The molecule has 0 saturated heterocycles. The highest BCUT2D eigenvalue weighted by Gasteiger charge is 2.12. The van der Waals surface area contributed by atoms with Gasteiger partial charge >= 0.3 is 0 Å². The van der Waals surface area contributed by atoms with Crippen LogP contribution in [0.5, 0.6) is 11.5 Å². The summed E-state index contributed by atoms with van der Waals surface area (Å²) in [6.45, 7) is 0. The van der Waals surface area contributed by atoms with Crippen molar-refractivity contribution in [3.63, 3.8) is 0 Å². The molecule has 2 nitrogen and oxygen atoms in total. The van der Waals surface area contributed by atoms with E-state index in [1.807, 2.05) is 17.7 Å². The Morgan fingerprint density at radius 1 is 1.43 bits per heavy atom. The molecule has 2 rings (SSSR count). The monoisotopic (exact) mass is 226 g/mol. The van der Waals surface area contributed by atoms with Crippen molar-refractivity contribution in [3.05, 3.63) is 17.5 Å². The van der Waals surface area contributed by atoms with Crippen LogP contribution in [0.3, 0.4) is 0 Å². The van der Waals surface area contributed by atoms with E-state index in [9.17, 15) is 5.11 Å². The molecule has 4 heteroatoms. The van der Waals surface area contributed by atoms with Gasteiger partial charge in [-0.15, -0.1) is 23.1 Å². The van der Waals surface area contributed by atoms with Crippen LogP contribution < -0.4 is 4.74 Å². The standard InChI is InChI=1S/C10H10O2S2/c1-12-7-5-14-8-4-3-6(11)10(13-2)9(7)8/h3-5,11H,1-2H3. The summed E-state index contributed by atoms with van der Waals surface area (Å²) >= 11 is 3.16. The summed E-state index contributed by atoms with van der Waals surface area (Å²) in [6.07, 6.45) is 1.95. The van der Waals surface area contributed by atoms with Gasteiger partial charge in [-0.05, 0) is 18.4 Å². The molecule has 0 bridgehead atoms. The third-order valence-corrected chi connectivity index (χ3v) is 3.81. The van der Waals surface area contributed by atoms with Crippen molar-refractivity contribution >= 4 is 33.2 Å². The Balaban J connectivity index is 2.81. The SMILES string of the molecule is COc1csc2ccc(O)c(SC)c12. The molecule has 1 aromatic carbocycles. The summed E-state index contributed by atoms with van der Waals surface area (Å²) < 4.78 is 6.39. The molecule has 0 saturated carbocycles. The number of hydrogen-bond donors (Lipinski definition) is 1. The Hall–Kier alpha value is -0.870. The zero-order valence-electron chi connectivity index (χ0n) is 7.90. The fraction of sp³-hybridized carbons (Fsp3) is 0.200. The van der Waals surface area contributed by atoms with Gasteiger partial charge in [-0.2, -0.15) is 0 Å². The van der Waals surface area contributed by atoms with Crippen LogP contribution in [0.15, 0.2) is 22.4 Å². The third-order valence-electron chi connectivity index (χ3n) is 2.06. The van der Waals surface area contributed by atoms with E-state index in [1.165, 1.54) is 11.8 Å². The van der Waals surface area contributed by atoms with Crippen LogP contribution >= 0.6 is 23.1 Å². The van der Waals surface area contributed by atoms with Crippen LogP contribution in [0, 0.1) is 0 Å². The van der Waals surface area contributed by atoms with Gasteiger partial charge in [0, 0.05) is 10.1 Å². The van der Waals surface area contributed by atoms with Crippen molar-refractivity contribution in [1.82, 2.24) is 0 Å². The first-order valence-corrected chi connectivity index (χ1v) is 6.19. The van der Waals surface area contributed by atoms with Gasteiger partial charge in [0.2, 0.25) is 0 Å². The highest BCUT2D eigenvalue weighted by Crippen LogP contribution is 2.42. The highest BCUT2D eigenvalue weighted by molar-refractivity contribution is 7.99. The molecule has 0 radical (unpaired) electrons. The van der Waals surface area contributed by atoms with Crippen LogP contribution in [0.2, 0.25) is 0 Å². The average molecular weight is 226 g/mol. The molecule has 0 unspecified atom stereocenters. The van der Waals surface area contributed by atoms with Crippen LogP contribution in [0.1, 0.15) is 0 Å². The zero-order valence-corrected chi connectivity index (χ0v) is 9.54. The molecule has 0 atom stereocenters. The number of rotatable bonds is 2. The Bertz CT molecular complexity index is 462. The maximum absolute atomic E-state index is 9.68. The number of phenolic OH excluding ortho intramolecular Hbond substituents is 1. The second kappa shape index (κ2) is 3.71. The summed E-state index contributed by atoms with van der Waals surface area (Å²) in [4.78, 5) is 0.889. The van der Waals surface area contributed by atoms with Crippen molar-refractivity contribution in [1.29, 1.82) is 0 Å². The van der Waals surface area contributed by atoms with Gasteiger partial charge in [0.25, 0.3) is 0 Å². The lowest BCUT2D eigenvalue weighted by atomic mass is 10.2. The van der Waals surface area contributed by atoms with Gasteiger partial charge < -0.3 is 9.84 Å². The fourth-order valence-electron chi connectivity index (χ4n) is 1.42. The molecule has 14 heavy (non-hydrogen) atoms. The lowest BCUT2D eigenvalue weighted by Crippen LogP contribution is -1.81. The number of fused-ring (bicyclic) bond motifs is 1. The quantitative estimate of drug-likeness (QED) is 0.796. The predicted molar refractivity (Wildman–Crippen MR) is 61.8 cm³/mol. The second-order valence-electron chi connectivity index (χ2n) is 2.80. The van der Waals surface area contributed by atoms with Crippen molar-refractivity contribution < 1.29 is 9.84 Å². The van der Waals surface area contributed by atoms with Crippen LogP contribution in [-0.2, 0) is 0 Å². The van der Waals surface area contributed by atoms with Crippen molar-refractivity contribution in [2.24, 2.45) is 0 Å². The molecule has 0 fully saturated rings. The van der Waals surface area contributed by atoms with Crippen LogP contribution in [0.4, 0.5) is 0 Å². The lowest BCUT2D eigenvalue weighted by Gasteiger charge is -2.04. The number of phenols is 1. The minimum Gasteiger partial charge on any atom is -0.507 e. The molecule has 1 N–H and O–H groups in total. The van der Waals surface area contributed by atoms with Gasteiger partial charge in [0.05, 0.1) is 17.4 Å². The van der Waals surface area contributed by atoms with Gasteiger partial charge in [0.15, 0.2) is 0 Å². The van der Waals surface area contributed by atoms with E-state index in [0.717, 1.165) is 20.7 Å². The molecule has 0 amide bonds. The molecule has 74 valence electrons. The largest absolute Gasteiger partial charge is 0.507 e. The van der Waals surface area contributed by atoms with Crippen LogP contribution in [0.25, 0.3) is 10.1 Å². The Morgan fingerprint density at radius 3 is 2.86 bits per heavy atom. The van der Waals surface area contributed by atoms with Gasteiger partial charge in [0.1, 0.15) is 11.5 Å². The molecule has 0 spiro atoms. The lowest BCUT2D eigenvalue weighted by molar-refractivity contribution is 0.419. The molecule has 2 aromatic rings. The number of methoxy groups -OCH3 is 1. The van der Waals surface area contributed by atoms with E-state index in [2.05, 4.69) is 0 Å². The summed E-state index contributed by atoms with van der Waals surface area (Å²) in [5, 5.41) is 12.7. The Labute approximate surface area is 90.5 Å². The number of hydrogen-bond acceptors (Lipinski definition) is 4. The van der Waals surface area contributed by atoms with Crippen molar-refractivity contribution in [2.75, 3.05) is 13.4 Å². The molecule has 1 aromatic heterocycles. The molecular formula is C10H10O2S2. The first kappa shape index (κ1) is 9.68. The summed E-state index contributed by atoms with van der Waals surface area (Å²) in [7, 11) is 1.65. The summed E-state index contributed by atoms with van der Waals surface area (Å²) in [5.41, 5.74) is 0. The van der Waals surface area contributed by atoms with Gasteiger partial charge in [-0.25, -0.2) is 0 Å². The first-order chi connectivity index (χ1) is 6.77. The maximum atomic E-state index is 9.68. The molecule has 1 heterocycles. The highest BCUT2D eigenvalue weighted by atomic mass is 32.2. The second-order valence-corrected chi connectivity index (χ2v) is 4.52. The minimum atomic E-state index is 0.321. The average Bonchev–Trinajstić information content (AvgIpc) is 2.61. The summed E-state index contributed by atoms with van der Waals surface area (Å²) in [6, 6.07) is 3.64. The summed E-state index contributed by atoms with van der Waals surface area (Å²) in [5.74, 6) is 1.16. The normalized spacial score (nSPS) is 10.7.